The van der Waals surface area contributed by atoms with Gasteiger partial charge in [0.1, 0.15) is 5.82 Å². The van der Waals surface area contributed by atoms with E-state index in [1.807, 2.05) is 19.2 Å². The number of ether oxygens (including phenoxy) is 1. The molecule has 8 nitrogen and oxygen atoms in total. The molecule has 3 aromatic rings. The Hall–Kier alpha value is -2.78. The van der Waals surface area contributed by atoms with E-state index in [1.54, 1.807) is 30.5 Å². The summed E-state index contributed by atoms with van der Waals surface area (Å²) in [7, 11) is -3.23. The molecule has 1 aromatic carbocycles. The molecule has 0 amide bonds. The average Bonchev–Trinajstić information content (AvgIpc) is 3.10. The SMILES string of the molecule is Cc1ncc(-c2ccnc(Nc3ccc(S(C)(=O)=O)cc3)n2)n1C1CCOCC1. The van der Waals surface area contributed by atoms with E-state index in [9.17, 15) is 8.42 Å². The van der Waals surface area contributed by atoms with Crippen LogP contribution >= 0.6 is 0 Å². The minimum Gasteiger partial charge on any atom is -0.381 e. The first kappa shape index (κ1) is 19.5. The van der Waals surface area contributed by atoms with Crippen LogP contribution in [0.1, 0.15) is 24.7 Å². The summed E-state index contributed by atoms with van der Waals surface area (Å²) in [6.07, 6.45) is 6.63. The summed E-state index contributed by atoms with van der Waals surface area (Å²) in [6.45, 7) is 3.51. The fourth-order valence-corrected chi connectivity index (χ4v) is 4.15. The lowest BCUT2D eigenvalue weighted by Crippen LogP contribution is -2.21. The molecule has 152 valence electrons. The fraction of sp³-hybridized carbons (Fsp3) is 0.350. The van der Waals surface area contributed by atoms with Crippen molar-refractivity contribution in [3.05, 3.63) is 48.5 Å². The van der Waals surface area contributed by atoms with E-state index in [-0.39, 0.29) is 4.90 Å². The standard InChI is InChI=1S/C20H23N5O3S/c1-14-22-13-19(25(14)16-8-11-28-12-9-16)18-7-10-21-20(24-18)23-15-3-5-17(6-4-15)29(2,26)27/h3-7,10,13,16H,8-9,11-12H2,1-2H3,(H,21,23,24). The topological polar surface area (TPSA) is 99.0 Å². The number of rotatable bonds is 5. The Bertz CT molecular complexity index is 1100. The molecular formula is C20H23N5O3S. The lowest BCUT2D eigenvalue weighted by atomic mass is 10.1. The normalized spacial score (nSPS) is 15.4. The summed E-state index contributed by atoms with van der Waals surface area (Å²) in [5.41, 5.74) is 2.44. The van der Waals surface area contributed by atoms with Gasteiger partial charge in [-0.15, -0.1) is 0 Å². The van der Waals surface area contributed by atoms with Gasteiger partial charge in [0.2, 0.25) is 5.95 Å². The summed E-state index contributed by atoms with van der Waals surface area (Å²) in [4.78, 5) is 13.7. The van der Waals surface area contributed by atoms with E-state index < -0.39 is 9.84 Å². The molecular weight excluding hydrogens is 390 g/mol. The van der Waals surface area contributed by atoms with Gasteiger partial charge in [0.25, 0.3) is 0 Å². The molecule has 0 spiro atoms. The van der Waals surface area contributed by atoms with Crippen LogP contribution in [0.15, 0.2) is 47.6 Å². The predicted molar refractivity (Wildman–Crippen MR) is 110 cm³/mol. The third kappa shape index (κ3) is 4.30. The molecule has 1 aliphatic rings. The van der Waals surface area contributed by atoms with Gasteiger partial charge in [0.05, 0.1) is 22.5 Å². The van der Waals surface area contributed by atoms with E-state index in [1.165, 1.54) is 6.26 Å². The van der Waals surface area contributed by atoms with Crippen molar-refractivity contribution in [3.63, 3.8) is 0 Å². The number of hydrogen-bond donors (Lipinski definition) is 1. The highest BCUT2D eigenvalue weighted by molar-refractivity contribution is 7.90. The quantitative estimate of drug-likeness (QED) is 0.686. The zero-order valence-corrected chi connectivity index (χ0v) is 17.2. The maximum absolute atomic E-state index is 11.6. The highest BCUT2D eigenvalue weighted by atomic mass is 32.2. The largest absolute Gasteiger partial charge is 0.381 e. The Labute approximate surface area is 169 Å². The van der Waals surface area contributed by atoms with Gasteiger partial charge in [-0.1, -0.05) is 0 Å². The molecule has 0 aliphatic carbocycles. The van der Waals surface area contributed by atoms with Crippen LogP contribution in [-0.2, 0) is 14.6 Å². The first-order valence-electron chi connectivity index (χ1n) is 9.44. The number of nitrogens with one attached hydrogen (secondary N) is 1. The molecule has 1 aliphatic heterocycles. The minimum atomic E-state index is -3.23. The lowest BCUT2D eigenvalue weighted by molar-refractivity contribution is 0.0694. The molecule has 2 aromatic heterocycles. The van der Waals surface area contributed by atoms with E-state index in [2.05, 4.69) is 24.8 Å². The van der Waals surface area contributed by atoms with Gasteiger partial charge >= 0.3 is 0 Å². The third-order valence-electron chi connectivity index (χ3n) is 4.99. The predicted octanol–water partition coefficient (Wildman–Crippen LogP) is 3.15. The summed E-state index contributed by atoms with van der Waals surface area (Å²) in [5, 5.41) is 3.13. The van der Waals surface area contributed by atoms with Crippen LogP contribution in [0.3, 0.4) is 0 Å². The smallest absolute Gasteiger partial charge is 0.227 e. The van der Waals surface area contributed by atoms with Crippen LogP contribution in [0.25, 0.3) is 11.4 Å². The van der Waals surface area contributed by atoms with E-state index in [0.29, 0.717) is 17.7 Å². The second-order valence-corrected chi connectivity index (χ2v) is 9.11. The zero-order valence-electron chi connectivity index (χ0n) is 16.4. The van der Waals surface area contributed by atoms with E-state index in [0.717, 1.165) is 43.3 Å². The summed E-state index contributed by atoms with van der Waals surface area (Å²) in [6, 6.07) is 8.72. The van der Waals surface area contributed by atoms with Crippen molar-refractivity contribution in [2.75, 3.05) is 24.8 Å². The molecule has 0 radical (unpaired) electrons. The second-order valence-electron chi connectivity index (χ2n) is 7.09. The second kappa shape index (κ2) is 7.92. The van der Waals surface area contributed by atoms with Crippen molar-refractivity contribution >= 4 is 21.5 Å². The molecule has 0 bridgehead atoms. The van der Waals surface area contributed by atoms with Gasteiger partial charge in [-0.3, -0.25) is 0 Å². The van der Waals surface area contributed by atoms with Gasteiger partial charge in [-0.05, 0) is 50.1 Å². The van der Waals surface area contributed by atoms with E-state index >= 15 is 0 Å². The summed E-state index contributed by atoms with van der Waals surface area (Å²) < 4.78 is 30.9. The Balaban J connectivity index is 1.60. The number of nitrogens with zero attached hydrogens (tertiary/aromatic N) is 4. The zero-order chi connectivity index (χ0) is 20.4. The van der Waals surface area contributed by atoms with Crippen molar-refractivity contribution in [3.8, 4) is 11.4 Å². The summed E-state index contributed by atoms with van der Waals surface area (Å²) >= 11 is 0. The van der Waals surface area contributed by atoms with Crippen molar-refractivity contribution < 1.29 is 13.2 Å². The first-order valence-corrected chi connectivity index (χ1v) is 11.3. The van der Waals surface area contributed by atoms with Gasteiger partial charge < -0.3 is 14.6 Å². The maximum atomic E-state index is 11.6. The molecule has 0 unspecified atom stereocenters. The molecule has 0 saturated carbocycles. The van der Waals surface area contributed by atoms with Crippen LogP contribution < -0.4 is 5.32 Å². The number of aryl methyl sites for hydroxylation is 1. The van der Waals surface area contributed by atoms with Crippen LogP contribution in [-0.4, -0.2) is 47.4 Å². The monoisotopic (exact) mass is 413 g/mol. The van der Waals surface area contributed by atoms with Crippen molar-refractivity contribution in [1.29, 1.82) is 0 Å². The Morgan fingerprint density at radius 2 is 1.83 bits per heavy atom. The number of sulfone groups is 1. The third-order valence-corrected chi connectivity index (χ3v) is 6.12. The molecule has 0 atom stereocenters. The molecule has 29 heavy (non-hydrogen) atoms. The molecule has 9 heteroatoms. The van der Waals surface area contributed by atoms with Crippen LogP contribution in [0.2, 0.25) is 0 Å². The first-order chi connectivity index (χ1) is 13.9. The molecule has 4 rings (SSSR count). The van der Waals surface area contributed by atoms with Gasteiger partial charge in [0, 0.05) is 37.4 Å². The van der Waals surface area contributed by atoms with E-state index in [4.69, 9.17) is 4.74 Å². The van der Waals surface area contributed by atoms with Crippen molar-refractivity contribution in [1.82, 2.24) is 19.5 Å². The molecule has 1 saturated heterocycles. The van der Waals surface area contributed by atoms with Crippen molar-refractivity contribution in [2.45, 2.75) is 30.7 Å². The average molecular weight is 414 g/mol. The summed E-state index contributed by atoms with van der Waals surface area (Å²) in [5.74, 6) is 1.39. The fourth-order valence-electron chi connectivity index (χ4n) is 3.52. The van der Waals surface area contributed by atoms with Crippen molar-refractivity contribution in [2.24, 2.45) is 0 Å². The Kier molecular flexibility index (Phi) is 5.33. The van der Waals surface area contributed by atoms with Crippen LogP contribution in [0.4, 0.5) is 11.6 Å². The lowest BCUT2D eigenvalue weighted by Gasteiger charge is -2.26. The van der Waals surface area contributed by atoms with Gasteiger partial charge in [-0.2, -0.15) is 0 Å². The Morgan fingerprint density at radius 1 is 1.10 bits per heavy atom. The molecule has 1 N–H and O–H groups in total. The minimum absolute atomic E-state index is 0.272. The highest BCUT2D eigenvalue weighted by Gasteiger charge is 2.21. The highest BCUT2D eigenvalue weighted by Crippen LogP contribution is 2.29. The molecule has 3 heterocycles. The molecule has 1 fully saturated rings. The van der Waals surface area contributed by atoms with Gasteiger partial charge in [-0.25, -0.2) is 23.4 Å². The van der Waals surface area contributed by atoms with Crippen LogP contribution in [0, 0.1) is 6.92 Å². The van der Waals surface area contributed by atoms with Gasteiger partial charge in [0.15, 0.2) is 9.84 Å². The van der Waals surface area contributed by atoms with Crippen LogP contribution in [0.5, 0.6) is 0 Å². The number of imidazole rings is 1. The number of aromatic nitrogens is 4. The number of anilines is 2. The number of benzene rings is 1. The maximum Gasteiger partial charge on any atom is 0.227 e. The Morgan fingerprint density at radius 3 is 2.52 bits per heavy atom. The number of hydrogen-bond acceptors (Lipinski definition) is 7.